The summed E-state index contributed by atoms with van der Waals surface area (Å²) >= 11 is 1.14. The Morgan fingerprint density at radius 2 is 0.793 bits per heavy atom. The summed E-state index contributed by atoms with van der Waals surface area (Å²) in [6, 6.07) is 32.9. The SMILES string of the molecule is C=[C]=[Fe+].[C-]#[O+].[CH]1[CH][CH][CH][CH]1.c1cc[c]([Sn]([c]2ccccc2)[c]2ccccc2)cc1. The van der Waals surface area contributed by atoms with Gasteiger partial charge in [-0.3, -0.25) is 0 Å². The van der Waals surface area contributed by atoms with E-state index >= 15 is 0 Å². The third-order valence-electron chi connectivity index (χ3n) is 3.74. The summed E-state index contributed by atoms with van der Waals surface area (Å²) in [7, 11) is 0. The van der Waals surface area contributed by atoms with Crippen molar-refractivity contribution in [2.24, 2.45) is 0 Å². The molecule has 0 bridgehead atoms. The first-order chi connectivity index (χ1) is 14.4. The van der Waals surface area contributed by atoms with Crippen molar-refractivity contribution < 1.29 is 20.2 Å². The molecule has 3 aromatic rings. The van der Waals surface area contributed by atoms with Crippen LogP contribution in [0.2, 0.25) is 0 Å². The van der Waals surface area contributed by atoms with Gasteiger partial charge in [0.15, 0.2) is 0 Å². The van der Waals surface area contributed by atoms with Crippen LogP contribution in [-0.2, 0) is 20.2 Å². The summed E-state index contributed by atoms with van der Waals surface area (Å²) in [5, 5.41) is 0. The normalized spacial score (nSPS) is 11.4. The van der Waals surface area contributed by atoms with Crippen molar-refractivity contribution in [3.8, 4) is 0 Å². The summed E-state index contributed by atoms with van der Waals surface area (Å²) in [5.41, 5.74) is 0. The summed E-state index contributed by atoms with van der Waals surface area (Å²) < 4.78 is 14.3. The average Bonchev–Trinajstić information content (AvgIpc) is 3.39. The fourth-order valence-corrected chi connectivity index (χ4v) is 9.99. The molecule has 0 aliphatic heterocycles. The van der Waals surface area contributed by atoms with E-state index < -0.39 is 19.8 Å². The average molecular weight is 525 g/mol. The van der Waals surface area contributed by atoms with Gasteiger partial charge in [-0.1, -0.05) is 0 Å². The molecule has 1 aliphatic rings. The van der Waals surface area contributed by atoms with Crippen LogP contribution in [0.3, 0.4) is 0 Å². The molecule has 0 heterocycles. The molecule has 4 rings (SSSR count). The van der Waals surface area contributed by atoms with Crippen LogP contribution in [0.25, 0.3) is 0 Å². The van der Waals surface area contributed by atoms with Crippen molar-refractivity contribution in [1.82, 2.24) is 0 Å². The van der Waals surface area contributed by atoms with Crippen molar-refractivity contribution in [3.05, 3.63) is 136 Å². The first-order valence-corrected chi connectivity index (χ1v) is 13.7. The van der Waals surface area contributed by atoms with Crippen molar-refractivity contribution in [3.63, 3.8) is 0 Å². The van der Waals surface area contributed by atoms with Gasteiger partial charge in [-0.2, -0.15) is 0 Å². The maximum atomic E-state index is 7.50. The van der Waals surface area contributed by atoms with Crippen LogP contribution >= 0.6 is 0 Å². The number of benzene rings is 3. The molecule has 1 nitrogen and oxygen atoms in total. The van der Waals surface area contributed by atoms with Gasteiger partial charge in [0.25, 0.3) is 0 Å². The van der Waals surface area contributed by atoms with E-state index in [-0.39, 0.29) is 0 Å². The standard InChI is InChI=1S/3C6H5.C5H5.C2H2.CO.Fe.Sn/c3*1-2-4-6-5-3-1;1-2-4-5-3-1;2*1-2;;/h3*1-5H;1-5H;1H2;;;/q;;;;;;+1;. The topological polar surface area (TPSA) is 19.9 Å². The van der Waals surface area contributed by atoms with Gasteiger partial charge in [0.05, 0.1) is 0 Å². The summed E-state index contributed by atoms with van der Waals surface area (Å²) in [5.74, 6) is 0. The molecule has 6 radical (unpaired) electrons. The number of hydrogen-bond donors (Lipinski definition) is 0. The quantitative estimate of drug-likeness (QED) is 0.285. The van der Waals surface area contributed by atoms with Crippen molar-refractivity contribution >= 4 is 35.1 Å². The van der Waals surface area contributed by atoms with E-state index in [9.17, 15) is 0 Å². The van der Waals surface area contributed by atoms with Crippen molar-refractivity contribution in [2.75, 3.05) is 0 Å². The Kier molecular flexibility index (Phi) is 15.1. The molecule has 0 spiro atoms. The summed E-state index contributed by atoms with van der Waals surface area (Å²) in [6.07, 6.45) is 10.0. The Morgan fingerprint density at radius 3 is 1.00 bits per heavy atom. The molecule has 3 aromatic carbocycles. The molecule has 0 unspecified atom stereocenters. The Hall–Kier alpha value is -1.63. The molecular weight excluding hydrogens is 503 g/mol. The molecule has 0 N–H and O–H groups in total. The maximum absolute atomic E-state index is 7.50. The molecule has 0 saturated heterocycles. The van der Waals surface area contributed by atoms with Crippen LogP contribution in [0.1, 0.15) is 0 Å². The Labute approximate surface area is 190 Å². The van der Waals surface area contributed by atoms with E-state index in [1.807, 2.05) is 32.1 Å². The molecule has 0 aromatic heterocycles. The molecule has 143 valence electrons. The minimum atomic E-state index is -1.98. The first-order valence-electron chi connectivity index (χ1n) is 8.88. The minimum absolute atomic E-state index is 1.53. The Balaban J connectivity index is 0.000000351. The van der Waals surface area contributed by atoms with Gasteiger partial charge in [-0.15, -0.1) is 0 Å². The van der Waals surface area contributed by atoms with Gasteiger partial charge in [-0.25, -0.2) is 0 Å². The van der Waals surface area contributed by atoms with Crippen molar-refractivity contribution in [2.45, 2.75) is 0 Å². The fraction of sp³-hybridized carbons (Fsp3) is 0. The second kappa shape index (κ2) is 17.2. The second-order valence-electron chi connectivity index (χ2n) is 5.56. The van der Waals surface area contributed by atoms with Crippen LogP contribution in [0.15, 0.2) is 97.6 Å². The van der Waals surface area contributed by atoms with E-state index in [1.165, 1.54) is 10.7 Å². The van der Waals surface area contributed by atoms with Gasteiger partial charge in [0.2, 0.25) is 0 Å². The molecule has 3 heteroatoms. The van der Waals surface area contributed by atoms with E-state index in [0.29, 0.717) is 0 Å². The molecule has 29 heavy (non-hydrogen) atoms. The van der Waals surface area contributed by atoms with Crippen molar-refractivity contribution in [1.29, 1.82) is 0 Å². The van der Waals surface area contributed by atoms with Gasteiger partial charge < -0.3 is 0 Å². The van der Waals surface area contributed by atoms with E-state index in [2.05, 4.69) is 124 Å². The first kappa shape index (κ1) is 25.4. The number of hydrogen-bond acceptors (Lipinski definition) is 0. The molecule has 1 aliphatic carbocycles. The Bertz CT molecular complexity index is 720. The van der Waals surface area contributed by atoms with Gasteiger partial charge in [0.1, 0.15) is 0 Å². The molecule has 1 fully saturated rings. The van der Waals surface area contributed by atoms with Gasteiger partial charge in [-0.05, 0) is 32.1 Å². The van der Waals surface area contributed by atoms with E-state index in [4.69, 9.17) is 4.65 Å². The van der Waals surface area contributed by atoms with Gasteiger partial charge in [0, 0.05) is 0 Å². The molecule has 1 saturated carbocycles. The monoisotopic (exact) mass is 526 g/mol. The fourth-order valence-electron chi connectivity index (χ4n) is 2.64. The van der Waals surface area contributed by atoms with Crippen LogP contribution in [-0.4, -0.2) is 24.3 Å². The molecule has 0 atom stereocenters. The van der Waals surface area contributed by atoms with E-state index in [1.54, 1.807) is 0 Å². The molecular formula is C26H22FeOSn+. The predicted molar refractivity (Wildman–Crippen MR) is 120 cm³/mol. The second-order valence-corrected chi connectivity index (χ2v) is 13.0. The Morgan fingerprint density at radius 1 is 0.586 bits per heavy atom. The zero-order valence-electron chi connectivity index (χ0n) is 16.0. The summed E-state index contributed by atoms with van der Waals surface area (Å²) in [4.78, 5) is 0. The number of rotatable bonds is 3. The van der Waals surface area contributed by atoms with Crippen LogP contribution in [0, 0.1) is 38.8 Å². The van der Waals surface area contributed by atoms with Crippen LogP contribution < -0.4 is 10.7 Å². The van der Waals surface area contributed by atoms with E-state index in [0.717, 1.165) is 0 Å². The zero-order chi connectivity index (χ0) is 21.2. The van der Waals surface area contributed by atoms with Gasteiger partial charge >= 0.3 is 160 Å². The van der Waals surface area contributed by atoms with Crippen LogP contribution in [0.5, 0.6) is 0 Å². The third-order valence-corrected chi connectivity index (χ3v) is 11.5. The zero-order valence-corrected chi connectivity index (χ0v) is 20.0. The predicted octanol–water partition coefficient (Wildman–Crippen LogP) is 3.31. The summed E-state index contributed by atoms with van der Waals surface area (Å²) in [6.45, 7) is 7.62. The molecule has 0 amide bonds. The third kappa shape index (κ3) is 10.1. The van der Waals surface area contributed by atoms with Crippen LogP contribution in [0.4, 0.5) is 0 Å².